The molecular formula is C24H21N3O4S2. The van der Waals surface area contributed by atoms with Crippen LogP contribution in [0.25, 0.3) is 10.2 Å². The van der Waals surface area contributed by atoms with E-state index in [-0.39, 0.29) is 10.7 Å². The summed E-state index contributed by atoms with van der Waals surface area (Å²) in [5.74, 6) is -0.570. The first-order chi connectivity index (χ1) is 15.8. The van der Waals surface area contributed by atoms with Gasteiger partial charge in [-0.1, -0.05) is 60.7 Å². The van der Waals surface area contributed by atoms with Crippen LogP contribution in [0.4, 0.5) is 0 Å². The second-order valence-corrected chi connectivity index (χ2v) is 9.97. The average Bonchev–Trinajstić information content (AvgIpc) is 3.15. The van der Waals surface area contributed by atoms with Gasteiger partial charge in [0.1, 0.15) is 0 Å². The monoisotopic (exact) mass is 479 g/mol. The molecule has 33 heavy (non-hydrogen) atoms. The molecule has 7 nitrogen and oxygen atoms in total. The summed E-state index contributed by atoms with van der Waals surface area (Å²) in [6.07, 6.45) is 0.806. The van der Waals surface area contributed by atoms with Gasteiger partial charge in [-0.2, -0.15) is 4.99 Å². The summed E-state index contributed by atoms with van der Waals surface area (Å²) in [5, 5.41) is 5.25. The summed E-state index contributed by atoms with van der Waals surface area (Å²) in [6, 6.07) is 19.9. The molecule has 1 amide bonds. The van der Waals surface area contributed by atoms with E-state index in [0.717, 1.165) is 11.9 Å². The molecule has 168 valence electrons. The molecule has 0 unspecified atom stereocenters. The Kier molecular flexibility index (Phi) is 6.37. The first kappa shape index (κ1) is 22.8. The fraction of sp³-hybridized carbons (Fsp3) is 0.125. The molecule has 0 atom stereocenters. The number of hydrogen-bond acceptors (Lipinski definition) is 5. The molecule has 2 N–H and O–H groups in total. The van der Waals surface area contributed by atoms with Gasteiger partial charge in [-0.05, 0) is 36.8 Å². The zero-order valence-corrected chi connectivity index (χ0v) is 19.4. The van der Waals surface area contributed by atoms with E-state index in [1.165, 1.54) is 23.5 Å². The molecule has 0 aliphatic carbocycles. The average molecular weight is 480 g/mol. The zero-order chi connectivity index (χ0) is 23.6. The first-order valence-corrected chi connectivity index (χ1v) is 12.6. The van der Waals surface area contributed by atoms with Crippen molar-refractivity contribution in [1.29, 1.82) is 0 Å². The summed E-state index contributed by atoms with van der Waals surface area (Å²) in [7, 11) is -3.84. The SMILES string of the molecule is CCCn1c(=NC(=O)c2ccc(C(=O)c3ccccc3)cc2)sc2cc(S(N)(=O)=O)ccc21. The third-order valence-electron chi connectivity index (χ3n) is 5.06. The highest BCUT2D eigenvalue weighted by Gasteiger charge is 2.14. The van der Waals surface area contributed by atoms with Gasteiger partial charge < -0.3 is 4.57 Å². The van der Waals surface area contributed by atoms with Crippen molar-refractivity contribution < 1.29 is 18.0 Å². The van der Waals surface area contributed by atoms with E-state index in [0.29, 0.717) is 32.7 Å². The maximum absolute atomic E-state index is 12.9. The first-order valence-electron chi connectivity index (χ1n) is 10.2. The summed E-state index contributed by atoms with van der Waals surface area (Å²) >= 11 is 1.22. The molecule has 0 aliphatic rings. The lowest BCUT2D eigenvalue weighted by atomic mass is 10.0. The largest absolute Gasteiger partial charge is 0.316 e. The molecule has 0 bridgehead atoms. The number of fused-ring (bicyclic) bond motifs is 1. The number of aryl methyl sites for hydroxylation is 1. The van der Waals surface area contributed by atoms with Gasteiger partial charge in [0.25, 0.3) is 5.91 Å². The van der Waals surface area contributed by atoms with Crippen molar-refractivity contribution in [3.8, 4) is 0 Å². The summed E-state index contributed by atoms with van der Waals surface area (Å²) in [6.45, 7) is 2.62. The smallest absolute Gasteiger partial charge is 0.279 e. The van der Waals surface area contributed by atoms with Crippen LogP contribution in [0.15, 0.2) is 82.7 Å². The van der Waals surface area contributed by atoms with E-state index in [9.17, 15) is 18.0 Å². The molecule has 0 saturated heterocycles. The van der Waals surface area contributed by atoms with Crippen LogP contribution in [0.1, 0.15) is 39.6 Å². The van der Waals surface area contributed by atoms with Crippen LogP contribution in [-0.2, 0) is 16.6 Å². The molecule has 9 heteroatoms. The van der Waals surface area contributed by atoms with Crippen LogP contribution in [0.5, 0.6) is 0 Å². The van der Waals surface area contributed by atoms with Gasteiger partial charge >= 0.3 is 0 Å². The van der Waals surface area contributed by atoms with E-state index in [1.54, 1.807) is 54.6 Å². The normalized spacial score (nSPS) is 12.2. The van der Waals surface area contributed by atoms with E-state index in [1.807, 2.05) is 17.6 Å². The number of benzene rings is 3. The highest BCUT2D eigenvalue weighted by atomic mass is 32.2. The summed E-state index contributed by atoms with van der Waals surface area (Å²) in [4.78, 5) is 30.2. The lowest BCUT2D eigenvalue weighted by Gasteiger charge is -2.04. The van der Waals surface area contributed by atoms with Gasteiger partial charge in [0.2, 0.25) is 10.0 Å². The minimum absolute atomic E-state index is 0.0106. The predicted octanol–water partition coefficient (Wildman–Crippen LogP) is 3.73. The number of thiazole rings is 1. The molecule has 0 radical (unpaired) electrons. The van der Waals surface area contributed by atoms with Gasteiger partial charge in [-0.15, -0.1) is 0 Å². The molecule has 3 aromatic carbocycles. The molecule has 1 aromatic heterocycles. The van der Waals surface area contributed by atoms with Crippen molar-refractivity contribution in [3.63, 3.8) is 0 Å². The number of nitrogens with zero attached hydrogens (tertiary/aromatic N) is 2. The van der Waals surface area contributed by atoms with Crippen molar-refractivity contribution in [2.45, 2.75) is 24.8 Å². The summed E-state index contributed by atoms with van der Waals surface area (Å²) < 4.78 is 26.0. The Hall–Kier alpha value is -3.40. The number of hydrogen-bond donors (Lipinski definition) is 1. The second kappa shape index (κ2) is 9.22. The number of amides is 1. The van der Waals surface area contributed by atoms with Gasteiger partial charge in [0.15, 0.2) is 10.6 Å². The molecule has 1 heterocycles. The Bertz CT molecular complexity index is 1520. The highest BCUT2D eigenvalue weighted by molar-refractivity contribution is 7.89. The predicted molar refractivity (Wildman–Crippen MR) is 128 cm³/mol. The lowest BCUT2D eigenvalue weighted by Crippen LogP contribution is -2.17. The van der Waals surface area contributed by atoms with Crippen molar-refractivity contribution in [3.05, 3.63) is 94.3 Å². The molecular weight excluding hydrogens is 458 g/mol. The van der Waals surface area contributed by atoms with Crippen LogP contribution in [-0.4, -0.2) is 24.7 Å². The molecule has 0 spiro atoms. The van der Waals surface area contributed by atoms with Crippen LogP contribution in [0, 0.1) is 0 Å². The molecule has 4 rings (SSSR count). The number of nitrogens with two attached hydrogens (primary N) is 1. The Morgan fingerprint density at radius 2 is 1.58 bits per heavy atom. The standard InChI is InChI=1S/C24H21N3O4S2/c1-2-14-27-20-13-12-19(33(25,30)31)15-21(20)32-24(27)26-23(29)18-10-8-17(9-11-18)22(28)16-6-4-3-5-7-16/h3-13,15H,2,14H2,1H3,(H2,25,30,31). The number of primary sulfonamides is 1. The van der Waals surface area contributed by atoms with E-state index < -0.39 is 15.9 Å². The minimum atomic E-state index is -3.84. The number of sulfonamides is 1. The van der Waals surface area contributed by atoms with Crippen molar-refractivity contribution in [2.75, 3.05) is 0 Å². The molecule has 0 fully saturated rings. The topological polar surface area (TPSA) is 112 Å². The van der Waals surface area contributed by atoms with Crippen molar-refractivity contribution >= 4 is 43.3 Å². The number of ketones is 1. The fourth-order valence-electron chi connectivity index (χ4n) is 3.43. The number of carbonyl (C=O) groups is 2. The lowest BCUT2D eigenvalue weighted by molar-refractivity contribution is 0.0994. The van der Waals surface area contributed by atoms with Crippen LogP contribution in [0.3, 0.4) is 0 Å². The van der Waals surface area contributed by atoms with E-state index in [2.05, 4.69) is 4.99 Å². The molecule has 0 saturated carbocycles. The van der Waals surface area contributed by atoms with Crippen molar-refractivity contribution in [1.82, 2.24) is 4.57 Å². The Morgan fingerprint density at radius 3 is 2.21 bits per heavy atom. The Balaban J connectivity index is 1.69. The van der Waals surface area contributed by atoms with E-state index >= 15 is 0 Å². The summed E-state index contributed by atoms with van der Waals surface area (Å²) in [5.41, 5.74) is 2.19. The zero-order valence-electron chi connectivity index (χ0n) is 17.8. The van der Waals surface area contributed by atoms with Crippen LogP contribution >= 0.6 is 11.3 Å². The number of rotatable bonds is 6. The molecule has 4 aromatic rings. The maximum atomic E-state index is 12.9. The van der Waals surface area contributed by atoms with Crippen LogP contribution < -0.4 is 9.94 Å². The Labute approximate surface area is 194 Å². The maximum Gasteiger partial charge on any atom is 0.279 e. The van der Waals surface area contributed by atoms with E-state index in [4.69, 9.17) is 5.14 Å². The highest BCUT2D eigenvalue weighted by Crippen LogP contribution is 2.22. The van der Waals surface area contributed by atoms with Crippen molar-refractivity contribution in [2.24, 2.45) is 10.1 Å². The van der Waals surface area contributed by atoms with Gasteiger partial charge in [0.05, 0.1) is 15.1 Å². The number of carbonyl (C=O) groups excluding carboxylic acids is 2. The fourth-order valence-corrected chi connectivity index (χ4v) is 5.14. The third-order valence-corrected chi connectivity index (χ3v) is 7.01. The molecule has 0 aliphatic heterocycles. The third kappa shape index (κ3) is 4.85. The van der Waals surface area contributed by atoms with Gasteiger partial charge in [-0.3, -0.25) is 9.59 Å². The number of aromatic nitrogens is 1. The van der Waals surface area contributed by atoms with Crippen LogP contribution in [0.2, 0.25) is 0 Å². The minimum Gasteiger partial charge on any atom is -0.316 e. The quantitative estimate of drug-likeness (QED) is 0.425. The van der Waals surface area contributed by atoms with Gasteiger partial charge in [0, 0.05) is 23.2 Å². The second-order valence-electron chi connectivity index (χ2n) is 7.40. The van der Waals surface area contributed by atoms with Gasteiger partial charge in [-0.25, -0.2) is 13.6 Å². The Morgan fingerprint density at radius 1 is 0.939 bits per heavy atom.